The van der Waals surface area contributed by atoms with Crippen LogP contribution in [0.15, 0.2) is 437 Å². The van der Waals surface area contributed by atoms with Crippen LogP contribution < -0.4 is 42.4 Å². The molecule has 16 aromatic rings. The van der Waals surface area contributed by atoms with Gasteiger partial charge in [-0.3, -0.25) is 23.7 Å². The predicted octanol–water partition coefficient (Wildman–Crippen LogP) is 22.8. The van der Waals surface area contributed by atoms with Crippen molar-refractivity contribution in [1.29, 1.82) is 0 Å². The Hall–Kier alpha value is -9.56. The average molecular weight is 2370 g/mol. The van der Waals surface area contributed by atoms with E-state index in [-0.39, 0.29) is 89.5 Å². The van der Waals surface area contributed by atoms with Crippen molar-refractivity contribution in [3.05, 3.63) is 529 Å². The minimum atomic E-state index is -0.714. The standard InChI is InChI=1S/2C29H16.2C28H28P2.4Au/c2*1-3-21-16-18-27-26(19-21)25-17-15-22(4-2)20-28(25)29(27,23-11-7-5-8-12-23)24-13-9-6-10-14-24;2*1-5-15-25(16-6-1)29(26-17-7-2-8-18-26)23-13-14-24-30(27-19-9-3-10-20-27)28-21-11-4-12-22-28;;;;/h2*5-20H;2*1-12,15-22H,13-14,23-24H2;;;;/q2*-2;;;4*+1/p+4. The van der Waals surface area contributed by atoms with E-state index in [4.69, 9.17) is 25.7 Å². The maximum absolute atomic E-state index is 7.69. The second-order valence-electron chi connectivity index (χ2n) is 29.8. The number of hydrogen-bond donors (Lipinski definition) is 0. The first-order valence-electron chi connectivity index (χ1n) is 40.8. The second-order valence-corrected chi connectivity index (χ2v) is 40.2. The smallest absolute Gasteiger partial charge is 0.366 e. The molecule has 0 unspecified atom stereocenters. The van der Waals surface area contributed by atoms with E-state index in [1.165, 1.54) is 126 Å². The van der Waals surface area contributed by atoms with E-state index < -0.39 is 42.5 Å². The molecule has 0 atom stereocenters. The summed E-state index contributed by atoms with van der Waals surface area (Å²) < 4.78 is 0. The molecule has 2 aliphatic rings. The first kappa shape index (κ1) is 93.1. The van der Waals surface area contributed by atoms with Crippen LogP contribution in [-0.2, 0) is 100 Å². The summed E-state index contributed by atoms with van der Waals surface area (Å²) in [4.78, 5) is 0. The molecule has 0 aromatic heterocycles. The summed E-state index contributed by atoms with van der Waals surface area (Å²) in [7, 11) is -2.86. The summed E-state index contributed by atoms with van der Waals surface area (Å²) >= 11 is 0. The van der Waals surface area contributed by atoms with Crippen molar-refractivity contribution < 1.29 is 89.5 Å². The summed E-state index contributed by atoms with van der Waals surface area (Å²) in [5.74, 6) is 10.2. The van der Waals surface area contributed by atoms with Crippen LogP contribution in [-0.4, -0.2) is 24.6 Å². The first-order valence-corrected chi connectivity index (χ1v) is 47.6. The molecule has 122 heavy (non-hydrogen) atoms. The molecular weight excluding hydrogens is 2280 g/mol. The van der Waals surface area contributed by atoms with Gasteiger partial charge in [0, 0.05) is 0 Å². The van der Waals surface area contributed by atoms with Crippen molar-refractivity contribution in [3.63, 3.8) is 0 Å². The van der Waals surface area contributed by atoms with E-state index in [1.54, 1.807) is 0 Å². The third kappa shape index (κ3) is 21.4. The number of benzene rings is 16. The van der Waals surface area contributed by atoms with E-state index >= 15 is 0 Å². The number of unbranched alkanes of at least 4 members (excludes halogenated alkanes) is 2. The summed E-state index contributed by atoms with van der Waals surface area (Å²) in [5, 5.41) is 12.3. The number of hydrogen-bond acceptors (Lipinski definition) is 0. The Bertz CT molecular complexity index is 5320. The first-order chi connectivity index (χ1) is 58.4. The van der Waals surface area contributed by atoms with Crippen molar-refractivity contribution in [2.75, 3.05) is 24.6 Å². The summed E-state index contributed by atoms with van der Waals surface area (Å²) in [5.41, 5.74) is 15.9. The predicted molar refractivity (Wildman–Crippen MR) is 512 cm³/mol. The van der Waals surface area contributed by atoms with E-state index in [0.29, 0.717) is 0 Å². The fourth-order valence-electron chi connectivity index (χ4n) is 17.4. The third-order valence-electron chi connectivity index (χ3n) is 22.9. The Balaban J connectivity index is 0.000000157. The fraction of sp³-hybridized carbons (Fsp3) is 0.0877. The minimum Gasteiger partial charge on any atom is -0.366 e. The Kier molecular flexibility index (Phi) is 35.7. The third-order valence-corrected chi connectivity index (χ3v) is 34.5. The molecule has 0 aliphatic heterocycles. The van der Waals surface area contributed by atoms with Crippen LogP contribution in [0.4, 0.5) is 0 Å². The molecule has 2 aliphatic carbocycles. The van der Waals surface area contributed by atoms with Gasteiger partial charge in [-0.05, 0) is 190 Å². The van der Waals surface area contributed by atoms with Crippen LogP contribution in [0.3, 0.4) is 0 Å². The zero-order chi connectivity index (χ0) is 80.6. The molecule has 0 saturated carbocycles. The summed E-state index contributed by atoms with van der Waals surface area (Å²) in [6.07, 6.45) is 41.0. The maximum atomic E-state index is 7.69. The quantitative estimate of drug-likeness (QED) is 0.0209. The molecule has 0 saturated heterocycles. The van der Waals surface area contributed by atoms with Crippen molar-refractivity contribution in [2.24, 2.45) is 0 Å². The van der Waals surface area contributed by atoms with Gasteiger partial charge in [-0.15, -0.1) is 70.8 Å². The molecule has 608 valence electrons. The van der Waals surface area contributed by atoms with Gasteiger partial charge in [0.05, 0.1) is 110 Å². The van der Waals surface area contributed by atoms with Crippen LogP contribution in [0.1, 0.15) is 92.4 Å². The molecule has 0 bridgehead atoms. The van der Waals surface area contributed by atoms with E-state index in [1.807, 2.05) is 60.7 Å². The number of rotatable bonds is 22. The van der Waals surface area contributed by atoms with Crippen molar-refractivity contribution >= 4 is 74.1 Å². The van der Waals surface area contributed by atoms with Gasteiger partial charge < -0.3 is 25.7 Å². The Morgan fingerprint density at radius 1 is 0.180 bits per heavy atom. The molecule has 0 spiro atoms. The van der Waals surface area contributed by atoms with Crippen molar-refractivity contribution in [3.8, 4) is 45.9 Å². The summed E-state index contributed by atoms with van der Waals surface area (Å²) in [6, 6.07) is 156. The maximum Gasteiger partial charge on any atom is 1.00 e. The zero-order valence-corrected chi connectivity index (χ0v) is 80.1. The Morgan fingerprint density at radius 3 is 0.541 bits per heavy atom. The average Bonchev–Trinajstić information content (AvgIpc) is 1.54. The van der Waals surface area contributed by atoms with E-state index in [0.717, 1.165) is 55.6 Å². The molecule has 0 fully saturated rings. The second kappa shape index (κ2) is 46.8. The molecule has 18 rings (SSSR count). The van der Waals surface area contributed by atoms with Gasteiger partial charge in [0.15, 0.2) is 0 Å². The number of fused-ring (bicyclic) bond motifs is 6. The SMILES string of the molecule is [Au+].[Au+].[Au+].[Au+].[C-]#Cc1ccc2c(c1)-c1ccc(C#[C-])cc1C2(c1ccccc1)c1ccccc1.[C-]#Cc1ccc2c(c1)-c1ccc(C#[C-])cc1C2(c1ccccc1)c1ccccc1.c1ccc([PH+](CCCC[PH+](c2ccccc2)c2ccccc2)c2ccccc2)cc1.c1ccc([PH+](CCCC[PH+](c2ccccc2)c2ccccc2)c2ccccc2)cc1. The molecule has 0 N–H and O–H groups in total. The molecule has 16 aromatic carbocycles. The minimum absolute atomic E-state index is 0. The fourth-order valence-corrected chi connectivity index (χ4v) is 28.3. The van der Waals surface area contributed by atoms with Crippen LogP contribution in [0, 0.1) is 49.4 Å². The normalized spacial score (nSPS) is 11.7. The van der Waals surface area contributed by atoms with Gasteiger partial charge in [-0.25, -0.2) is 0 Å². The monoisotopic (exact) mass is 2370 g/mol. The van der Waals surface area contributed by atoms with Crippen LogP contribution in [0.5, 0.6) is 0 Å². The van der Waals surface area contributed by atoms with Crippen LogP contribution in [0.2, 0.25) is 0 Å². The van der Waals surface area contributed by atoms with E-state index in [9.17, 15) is 0 Å². The largest absolute Gasteiger partial charge is 1.00 e. The summed E-state index contributed by atoms with van der Waals surface area (Å²) in [6.45, 7) is 0. The molecule has 0 radical (unpaired) electrons. The molecule has 0 amide bonds. The molecule has 0 heterocycles. The van der Waals surface area contributed by atoms with E-state index in [2.05, 4.69) is 400 Å². The van der Waals surface area contributed by atoms with Gasteiger partial charge >= 0.3 is 89.5 Å². The van der Waals surface area contributed by atoms with Crippen LogP contribution >= 0.6 is 31.7 Å². The van der Waals surface area contributed by atoms with Crippen molar-refractivity contribution in [1.82, 2.24) is 0 Å². The van der Waals surface area contributed by atoms with Gasteiger partial charge in [0.1, 0.15) is 0 Å². The van der Waals surface area contributed by atoms with Gasteiger partial charge in [0.2, 0.25) is 0 Å². The van der Waals surface area contributed by atoms with Gasteiger partial charge in [-0.2, -0.15) is 0 Å². The van der Waals surface area contributed by atoms with Gasteiger partial charge in [0.25, 0.3) is 0 Å². The molecule has 8 heteroatoms. The van der Waals surface area contributed by atoms with Crippen LogP contribution in [0.25, 0.3) is 22.3 Å². The molecular formula is C114H92Au4P4+4. The van der Waals surface area contributed by atoms with Crippen molar-refractivity contribution in [2.45, 2.75) is 36.5 Å². The Morgan fingerprint density at radius 2 is 0.352 bits per heavy atom. The zero-order valence-electron chi connectivity index (χ0n) is 67.4. The Labute approximate surface area is 791 Å². The topological polar surface area (TPSA) is 0 Å². The molecule has 0 nitrogen and oxygen atoms in total. The van der Waals surface area contributed by atoms with Gasteiger partial charge in [-0.1, -0.05) is 291 Å².